The van der Waals surface area contributed by atoms with E-state index < -0.39 is 52.1 Å². The summed E-state index contributed by atoms with van der Waals surface area (Å²) < 4.78 is 36.0. The Morgan fingerprint density at radius 1 is 0.933 bits per heavy atom. The topological polar surface area (TPSA) is 177 Å². The molecule has 4 N–H and O–H groups in total. The Hall–Kier alpha value is -2.61. The number of ether oxygens (including phenoxy) is 2. The largest absolute Gasteiger partial charge is 0.462 e. The quantitative estimate of drug-likeness (QED) is 0.341. The number of rotatable bonds is 6. The van der Waals surface area contributed by atoms with E-state index in [9.17, 15) is 39.0 Å². The van der Waals surface area contributed by atoms with Crippen molar-refractivity contribution in [1.82, 2.24) is 0 Å². The first-order valence-corrected chi connectivity index (χ1v) is 10.2. The highest BCUT2D eigenvalue weighted by atomic mass is 32.2. The third-order valence-corrected chi connectivity index (χ3v) is 6.38. The van der Waals surface area contributed by atoms with Crippen LogP contribution in [0.25, 0.3) is 0 Å². The first kappa shape index (κ1) is 22.1. The van der Waals surface area contributed by atoms with Gasteiger partial charge in [-0.1, -0.05) is 0 Å². The van der Waals surface area contributed by atoms with Crippen LogP contribution in [-0.2, 0) is 14.6 Å². The molecule has 0 aliphatic carbocycles. The number of sulfone groups is 1. The van der Waals surface area contributed by atoms with E-state index in [1.165, 1.54) is 24.3 Å². The highest BCUT2D eigenvalue weighted by molar-refractivity contribution is 7.91. The average molecular weight is 441 g/mol. The summed E-state index contributed by atoms with van der Waals surface area (Å²) in [7, 11) is -3.94. The molecule has 0 saturated carbocycles. The van der Waals surface area contributed by atoms with Crippen molar-refractivity contribution in [2.75, 3.05) is 6.61 Å². The van der Waals surface area contributed by atoms with Crippen molar-refractivity contribution in [3.63, 3.8) is 0 Å². The maximum absolute atomic E-state index is 12.7. The zero-order valence-corrected chi connectivity index (χ0v) is 16.1. The van der Waals surface area contributed by atoms with Gasteiger partial charge in [-0.2, -0.15) is 0 Å². The lowest BCUT2D eigenvalue weighted by atomic mass is 9.99. The molecular weight excluding hydrogens is 422 g/mol. The fourth-order valence-electron chi connectivity index (χ4n) is 2.88. The number of benzene rings is 2. The summed E-state index contributed by atoms with van der Waals surface area (Å²) in [5.41, 5.74) is -0.239. The molecule has 1 fully saturated rings. The molecule has 1 heterocycles. The molecule has 162 valence electrons. The number of nitrogens with zero attached hydrogens (tertiary/aromatic N) is 1. The monoisotopic (exact) mass is 441 g/mol. The number of non-ortho nitro benzene ring substituents is 1. The SMILES string of the molecule is O=[N+]([O-])c1ccc(S(=O)(=O)c2ccc(O[C@H]3O[C@H](CO)[C@@H](O)[C@H](O)[C@H]3O)cc2)cc1. The van der Waals surface area contributed by atoms with Gasteiger partial charge < -0.3 is 29.9 Å². The van der Waals surface area contributed by atoms with E-state index in [1.807, 2.05) is 0 Å². The van der Waals surface area contributed by atoms with E-state index in [0.29, 0.717) is 0 Å². The molecule has 1 saturated heterocycles. The first-order valence-electron chi connectivity index (χ1n) is 8.72. The Kier molecular flexibility index (Phi) is 6.36. The molecule has 1 aliphatic heterocycles. The van der Waals surface area contributed by atoms with E-state index in [1.54, 1.807) is 0 Å². The van der Waals surface area contributed by atoms with Crippen molar-refractivity contribution in [2.24, 2.45) is 0 Å². The number of nitro groups is 1. The maximum Gasteiger partial charge on any atom is 0.269 e. The van der Waals surface area contributed by atoms with E-state index >= 15 is 0 Å². The van der Waals surface area contributed by atoms with Gasteiger partial charge >= 0.3 is 0 Å². The van der Waals surface area contributed by atoms with Gasteiger partial charge in [0.2, 0.25) is 16.1 Å². The highest BCUT2D eigenvalue weighted by Gasteiger charge is 2.44. The lowest BCUT2D eigenvalue weighted by Crippen LogP contribution is -2.60. The van der Waals surface area contributed by atoms with Crippen molar-refractivity contribution >= 4 is 15.5 Å². The minimum atomic E-state index is -3.94. The van der Waals surface area contributed by atoms with Crippen LogP contribution in [0.1, 0.15) is 0 Å². The van der Waals surface area contributed by atoms with Gasteiger partial charge in [-0.25, -0.2) is 8.42 Å². The fourth-order valence-corrected chi connectivity index (χ4v) is 4.14. The summed E-state index contributed by atoms with van der Waals surface area (Å²) in [4.78, 5) is 9.84. The molecule has 1 aliphatic rings. The van der Waals surface area contributed by atoms with Crippen LogP contribution in [0.5, 0.6) is 5.75 Å². The smallest absolute Gasteiger partial charge is 0.269 e. The van der Waals surface area contributed by atoms with Gasteiger partial charge in [-0.3, -0.25) is 10.1 Å². The zero-order valence-electron chi connectivity index (χ0n) is 15.3. The van der Waals surface area contributed by atoms with Crippen LogP contribution in [0.4, 0.5) is 5.69 Å². The molecule has 0 radical (unpaired) electrons. The Morgan fingerprint density at radius 3 is 1.97 bits per heavy atom. The Labute approximate surface area is 170 Å². The lowest BCUT2D eigenvalue weighted by Gasteiger charge is -2.39. The number of hydrogen-bond acceptors (Lipinski definition) is 10. The van der Waals surface area contributed by atoms with E-state index in [0.717, 1.165) is 24.3 Å². The molecule has 0 amide bonds. The molecule has 30 heavy (non-hydrogen) atoms. The Bertz CT molecular complexity index is 991. The maximum atomic E-state index is 12.7. The third-order valence-electron chi connectivity index (χ3n) is 4.59. The van der Waals surface area contributed by atoms with Gasteiger partial charge in [0.1, 0.15) is 30.2 Å². The number of nitro benzene ring substituents is 1. The van der Waals surface area contributed by atoms with Crippen LogP contribution in [-0.4, -0.2) is 71.1 Å². The molecule has 12 heteroatoms. The Balaban J connectivity index is 1.76. The van der Waals surface area contributed by atoms with Gasteiger partial charge in [-0.05, 0) is 36.4 Å². The third kappa shape index (κ3) is 4.28. The molecule has 11 nitrogen and oxygen atoms in total. The molecule has 3 rings (SSSR count). The van der Waals surface area contributed by atoms with Crippen LogP contribution < -0.4 is 4.74 Å². The van der Waals surface area contributed by atoms with Gasteiger partial charge in [0, 0.05) is 12.1 Å². The molecule has 0 spiro atoms. The van der Waals surface area contributed by atoms with Crippen molar-refractivity contribution in [2.45, 2.75) is 40.5 Å². The van der Waals surface area contributed by atoms with E-state index in [4.69, 9.17) is 9.47 Å². The molecule has 0 unspecified atom stereocenters. The zero-order chi connectivity index (χ0) is 22.1. The Morgan fingerprint density at radius 2 is 1.47 bits per heavy atom. The summed E-state index contributed by atoms with van der Waals surface area (Å²) in [5.74, 6) is 0.0991. The normalized spacial score (nSPS) is 26.9. The van der Waals surface area contributed by atoms with Crippen LogP contribution in [0.3, 0.4) is 0 Å². The summed E-state index contributed by atoms with van der Waals surface area (Å²) in [6.45, 7) is -0.614. The second kappa shape index (κ2) is 8.63. The molecule has 0 aromatic heterocycles. The highest BCUT2D eigenvalue weighted by Crippen LogP contribution is 2.27. The van der Waals surface area contributed by atoms with Gasteiger partial charge in [0.05, 0.1) is 21.3 Å². The van der Waals surface area contributed by atoms with Gasteiger partial charge in [0.15, 0.2) is 0 Å². The van der Waals surface area contributed by atoms with Crippen molar-refractivity contribution in [3.05, 3.63) is 58.6 Å². The fraction of sp³-hybridized carbons (Fsp3) is 0.333. The van der Waals surface area contributed by atoms with Crippen LogP contribution in [0.2, 0.25) is 0 Å². The molecule has 2 aromatic carbocycles. The lowest BCUT2D eigenvalue weighted by molar-refractivity contribution is -0.384. The van der Waals surface area contributed by atoms with Crippen molar-refractivity contribution < 1.29 is 43.2 Å². The predicted octanol–water partition coefficient (Wildman–Crippen LogP) is -0.394. The molecule has 2 aromatic rings. The number of aliphatic hydroxyl groups excluding tert-OH is 4. The summed E-state index contributed by atoms with van der Waals surface area (Å²) in [6, 6.07) is 9.48. The average Bonchev–Trinajstić information content (AvgIpc) is 2.74. The minimum Gasteiger partial charge on any atom is -0.462 e. The molecular formula is C18H19NO10S. The van der Waals surface area contributed by atoms with Crippen LogP contribution >= 0.6 is 0 Å². The van der Waals surface area contributed by atoms with Crippen LogP contribution in [0.15, 0.2) is 58.3 Å². The second-order valence-electron chi connectivity index (χ2n) is 6.54. The van der Waals surface area contributed by atoms with Gasteiger partial charge in [-0.15, -0.1) is 0 Å². The predicted molar refractivity (Wildman–Crippen MR) is 99.4 cm³/mol. The van der Waals surface area contributed by atoms with Gasteiger partial charge in [0.25, 0.3) is 5.69 Å². The number of hydrogen-bond donors (Lipinski definition) is 4. The summed E-state index contributed by atoms with van der Waals surface area (Å²) in [6.07, 6.45) is -7.29. The van der Waals surface area contributed by atoms with Crippen molar-refractivity contribution in [3.8, 4) is 5.75 Å². The molecule has 5 atom stereocenters. The standard InChI is InChI=1S/C18H19NO10S/c20-9-14-15(21)16(22)17(23)18(29-14)28-11-3-7-13(8-4-11)30(26,27)12-5-1-10(2-6-12)19(24)25/h1-8,14-18,20-23H,9H2/t14-,15-,16+,17-,18+/m1/s1. The van der Waals surface area contributed by atoms with E-state index in [2.05, 4.69) is 0 Å². The number of aliphatic hydroxyl groups is 4. The van der Waals surface area contributed by atoms with E-state index in [-0.39, 0.29) is 21.2 Å². The first-order chi connectivity index (χ1) is 14.1. The summed E-state index contributed by atoms with van der Waals surface area (Å²) in [5, 5.41) is 49.4. The summed E-state index contributed by atoms with van der Waals surface area (Å²) >= 11 is 0. The van der Waals surface area contributed by atoms with Crippen molar-refractivity contribution in [1.29, 1.82) is 0 Å². The molecule has 0 bridgehead atoms. The minimum absolute atomic E-state index is 0.0991. The van der Waals surface area contributed by atoms with Crippen LogP contribution in [0, 0.1) is 10.1 Å². The second-order valence-corrected chi connectivity index (χ2v) is 8.49.